The van der Waals surface area contributed by atoms with Crippen LogP contribution in [0.25, 0.3) is 0 Å². The monoisotopic (exact) mass is 282 g/mol. The summed E-state index contributed by atoms with van der Waals surface area (Å²) in [5, 5.41) is 6.81. The van der Waals surface area contributed by atoms with Crippen molar-refractivity contribution < 1.29 is 0 Å². The number of rotatable bonds is 6. The highest BCUT2D eigenvalue weighted by molar-refractivity contribution is 5.79. The summed E-state index contributed by atoms with van der Waals surface area (Å²) in [4.78, 5) is 7.21. The van der Waals surface area contributed by atoms with Crippen molar-refractivity contribution in [1.82, 2.24) is 15.5 Å². The average molecular weight is 282 g/mol. The number of nitrogens with zero attached hydrogens (tertiary/aromatic N) is 2. The van der Waals surface area contributed by atoms with Crippen molar-refractivity contribution in [2.75, 3.05) is 32.7 Å². The van der Waals surface area contributed by atoms with Crippen LogP contribution in [0.3, 0.4) is 0 Å². The number of piperidine rings is 1. The zero-order valence-electron chi connectivity index (χ0n) is 14.1. The van der Waals surface area contributed by atoms with Crippen molar-refractivity contribution in [2.24, 2.45) is 16.8 Å². The van der Waals surface area contributed by atoms with E-state index in [0.717, 1.165) is 31.5 Å². The van der Waals surface area contributed by atoms with Crippen molar-refractivity contribution in [3.63, 3.8) is 0 Å². The zero-order valence-corrected chi connectivity index (χ0v) is 14.1. The number of likely N-dealkylation sites (tertiary alicyclic amines) is 1. The maximum absolute atomic E-state index is 4.62. The van der Waals surface area contributed by atoms with E-state index < -0.39 is 0 Å². The molecule has 118 valence electrons. The molecule has 0 spiro atoms. The van der Waals surface area contributed by atoms with E-state index in [4.69, 9.17) is 0 Å². The molecule has 1 heterocycles. The van der Waals surface area contributed by atoms with Gasteiger partial charge in [0, 0.05) is 25.7 Å². The summed E-state index contributed by atoms with van der Waals surface area (Å²) >= 11 is 0. The van der Waals surface area contributed by atoms with Crippen LogP contribution in [0.5, 0.6) is 0 Å². The minimum absolute atomic E-state index is 0.574. The number of hydrogen-bond donors (Lipinski definition) is 2. The maximum atomic E-state index is 4.62. The summed E-state index contributed by atoms with van der Waals surface area (Å²) in [7, 11) is 0. The summed E-state index contributed by atoms with van der Waals surface area (Å²) in [6.45, 7) is 16.4. The van der Waals surface area contributed by atoms with Gasteiger partial charge < -0.3 is 10.6 Å². The molecule has 1 aliphatic rings. The first-order valence-electron chi connectivity index (χ1n) is 8.29. The fraction of sp³-hybridized carbons (Fsp3) is 0.938. The summed E-state index contributed by atoms with van der Waals surface area (Å²) in [6.07, 6.45) is 2.68. The Balaban J connectivity index is 2.36. The molecule has 1 fully saturated rings. The van der Waals surface area contributed by atoms with E-state index >= 15 is 0 Å². The van der Waals surface area contributed by atoms with Crippen molar-refractivity contribution >= 4 is 5.96 Å². The second kappa shape index (κ2) is 9.22. The largest absolute Gasteiger partial charge is 0.357 e. The fourth-order valence-electron chi connectivity index (χ4n) is 2.46. The third-order valence-electron chi connectivity index (χ3n) is 3.97. The summed E-state index contributed by atoms with van der Waals surface area (Å²) in [6, 6.07) is 0.574. The lowest BCUT2D eigenvalue weighted by Gasteiger charge is -2.35. The summed E-state index contributed by atoms with van der Waals surface area (Å²) in [5.74, 6) is 2.46. The Morgan fingerprint density at radius 1 is 1.20 bits per heavy atom. The Morgan fingerprint density at radius 2 is 1.85 bits per heavy atom. The highest BCUT2D eigenvalue weighted by Crippen LogP contribution is 2.17. The van der Waals surface area contributed by atoms with Crippen LogP contribution < -0.4 is 10.6 Å². The van der Waals surface area contributed by atoms with Gasteiger partial charge in [0.25, 0.3) is 0 Å². The van der Waals surface area contributed by atoms with Crippen LogP contribution in [0.4, 0.5) is 0 Å². The van der Waals surface area contributed by atoms with Gasteiger partial charge in [0.15, 0.2) is 5.96 Å². The molecule has 1 atom stereocenters. The molecule has 1 unspecified atom stereocenters. The number of nitrogens with one attached hydrogen (secondary N) is 2. The van der Waals surface area contributed by atoms with E-state index in [9.17, 15) is 0 Å². The molecule has 0 saturated carbocycles. The Kier molecular flexibility index (Phi) is 7.97. The molecular formula is C16H34N4. The first-order chi connectivity index (χ1) is 9.52. The highest BCUT2D eigenvalue weighted by Gasteiger charge is 2.20. The van der Waals surface area contributed by atoms with Gasteiger partial charge in [0.1, 0.15) is 0 Å². The molecule has 0 aromatic carbocycles. The van der Waals surface area contributed by atoms with Crippen molar-refractivity contribution in [3.8, 4) is 0 Å². The minimum Gasteiger partial charge on any atom is -0.357 e. The topological polar surface area (TPSA) is 39.7 Å². The molecule has 1 rings (SSSR count). The van der Waals surface area contributed by atoms with E-state index in [1.165, 1.54) is 25.9 Å². The van der Waals surface area contributed by atoms with Crippen LogP contribution in [0.1, 0.15) is 47.5 Å². The van der Waals surface area contributed by atoms with Crippen molar-refractivity contribution in [3.05, 3.63) is 0 Å². The second-order valence-electron chi connectivity index (χ2n) is 6.56. The van der Waals surface area contributed by atoms with Crippen molar-refractivity contribution in [1.29, 1.82) is 0 Å². The van der Waals surface area contributed by atoms with Crippen LogP contribution in [-0.4, -0.2) is 49.6 Å². The summed E-state index contributed by atoms with van der Waals surface area (Å²) < 4.78 is 0. The standard InChI is InChI=1S/C16H34N4/c1-6-17-16(18-11-13(2)3)19-12-15(5)20-9-7-14(4)8-10-20/h13-15H,6-12H2,1-5H3,(H2,17,18,19). The quantitative estimate of drug-likeness (QED) is 0.580. The normalized spacial score (nSPS) is 20.2. The third-order valence-corrected chi connectivity index (χ3v) is 3.97. The average Bonchev–Trinajstić information content (AvgIpc) is 2.42. The van der Waals surface area contributed by atoms with E-state index in [1.54, 1.807) is 0 Å². The van der Waals surface area contributed by atoms with E-state index in [-0.39, 0.29) is 0 Å². The van der Waals surface area contributed by atoms with E-state index in [0.29, 0.717) is 12.0 Å². The van der Waals surface area contributed by atoms with Gasteiger partial charge in [-0.3, -0.25) is 9.89 Å². The Labute approximate surface area is 125 Å². The van der Waals surface area contributed by atoms with Gasteiger partial charge in [-0.25, -0.2) is 0 Å². The van der Waals surface area contributed by atoms with Gasteiger partial charge in [0.05, 0.1) is 0 Å². The van der Waals surface area contributed by atoms with Crippen LogP contribution >= 0.6 is 0 Å². The molecular weight excluding hydrogens is 248 g/mol. The van der Waals surface area contributed by atoms with Gasteiger partial charge in [-0.2, -0.15) is 0 Å². The van der Waals surface area contributed by atoms with Gasteiger partial charge in [0.2, 0.25) is 0 Å². The van der Waals surface area contributed by atoms with Gasteiger partial charge in [-0.15, -0.1) is 0 Å². The molecule has 2 N–H and O–H groups in total. The Morgan fingerprint density at radius 3 is 2.40 bits per heavy atom. The molecule has 0 aliphatic carbocycles. The molecule has 4 nitrogen and oxygen atoms in total. The molecule has 1 saturated heterocycles. The zero-order chi connectivity index (χ0) is 15.0. The summed E-state index contributed by atoms with van der Waals surface area (Å²) in [5.41, 5.74) is 0. The smallest absolute Gasteiger partial charge is 0.191 e. The van der Waals surface area contributed by atoms with Crippen LogP contribution in [0.15, 0.2) is 4.99 Å². The second-order valence-corrected chi connectivity index (χ2v) is 6.56. The van der Waals surface area contributed by atoms with Gasteiger partial charge in [-0.05, 0) is 51.6 Å². The predicted molar refractivity (Wildman–Crippen MR) is 88.3 cm³/mol. The lowest BCUT2D eigenvalue weighted by atomic mass is 9.98. The number of hydrogen-bond acceptors (Lipinski definition) is 2. The third kappa shape index (κ3) is 6.60. The van der Waals surface area contributed by atoms with Crippen LogP contribution in [-0.2, 0) is 0 Å². The van der Waals surface area contributed by atoms with Gasteiger partial charge >= 0.3 is 0 Å². The van der Waals surface area contributed by atoms with E-state index in [2.05, 4.69) is 55.1 Å². The molecule has 0 aromatic heterocycles. The van der Waals surface area contributed by atoms with E-state index in [1.807, 2.05) is 0 Å². The predicted octanol–water partition coefficient (Wildman–Crippen LogP) is 2.32. The Bertz CT molecular complexity index is 280. The molecule has 1 aliphatic heterocycles. The number of guanidine groups is 1. The first-order valence-corrected chi connectivity index (χ1v) is 8.29. The molecule has 0 amide bonds. The minimum atomic E-state index is 0.574. The van der Waals surface area contributed by atoms with Gasteiger partial charge in [-0.1, -0.05) is 20.8 Å². The van der Waals surface area contributed by atoms with Crippen LogP contribution in [0, 0.1) is 11.8 Å². The molecule has 0 aromatic rings. The molecule has 20 heavy (non-hydrogen) atoms. The molecule has 0 radical (unpaired) electrons. The molecule has 4 heteroatoms. The lowest BCUT2D eigenvalue weighted by Crippen LogP contribution is -2.48. The highest BCUT2D eigenvalue weighted by atomic mass is 15.2. The fourth-order valence-corrected chi connectivity index (χ4v) is 2.46. The molecule has 0 bridgehead atoms. The number of aliphatic imine (C=N–C) groups is 1. The lowest BCUT2D eigenvalue weighted by molar-refractivity contribution is 0.147. The SMILES string of the molecule is CCNC(=NCC(C)C)NCC(C)N1CCC(C)CC1. The first kappa shape index (κ1) is 17.3. The Hall–Kier alpha value is -0.770. The maximum Gasteiger partial charge on any atom is 0.191 e. The van der Waals surface area contributed by atoms with Crippen molar-refractivity contribution in [2.45, 2.75) is 53.5 Å². The van der Waals surface area contributed by atoms with Crippen LogP contribution in [0.2, 0.25) is 0 Å².